The van der Waals surface area contributed by atoms with Crippen LogP contribution in [0.25, 0.3) is 11.3 Å². The summed E-state index contributed by atoms with van der Waals surface area (Å²) in [5, 5.41) is 3.43. The average Bonchev–Trinajstić information content (AvgIpc) is 3.00. The molecular formula is C16H20N4S. The summed E-state index contributed by atoms with van der Waals surface area (Å²) in [6.07, 6.45) is 3.02. The second kappa shape index (κ2) is 6.35. The number of thioether (sulfide) groups is 1. The Kier molecular flexibility index (Phi) is 4.29. The van der Waals surface area contributed by atoms with Crippen LogP contribution in [0.3, 0.4) is 0 Å². The quantitative estimate of drug-likeness (QED) is 0.939. The van der Waals surface area contributed by atoms with Crippen molar-refractivity contribution in [3.63, 3.8) is 0 Å². The van der Waals surface area contributed by atoms with Crippen molar-refractivity contribution in [3.8, 4) is 11.3 Å². The topological polar surface area (TPSA) is 41.1 Å². The van der Waals surface area contributed by atoms with Gasteiger partial charge in [0.1, 0.15) is 0 Å². The lowest BCUT2D eigenvalue weighted by Gasteiger charge is -2.13. The van der Waals surface area contributed by atoms with E-state index in [1.54, 1.807) is 0 Å². The van der Waals surface area contributed by atoms with Gasteiger partial charge in [0.25, 0.3) is 0 Å². The molecule has 0 amide bonds. The van der Waals surface area contributed by atoms with E-state index in [1.807, 2.05) is 38.1 Å². The van der Waals surface area contributed by atoms with E-state index >= 15 is 0 Å². The number of rotatable bonds is 4. The molecule has 4 nitrogen and oxygen atoms in total. The smallest absolute Gasteiger partial charge is 0.223 e. The fourth-order valence-electron chi connectivity index (χ4n) is 2.35. The Morgan fingerprint density at radius 1 is 1.19 bits per heavy atom. The molecule has 2 heterocycles. The number of nitrogens with zero attached hydrogens (tertiary/aromatic N) is 3. The molecule has 1 fully saturated rings. The summed E-state index contributed by atoms with van der Waals surface area (Å²) >= 11 is 1.98. The van der Waals surface area contributed by atoms with Crippen LogP contribution in [-0.4, -0.2) is 41.6 Å². The van der Waals surface area contributed by atoms with Crippen LogP contribution in [0.15, 0.2) is 36.5 Å². The minimum atomic E-state index is 0.501. The second-order valence-electron chi connectivity index (χ2n) is 5.41. The van der Waals surface area contributed by atoms with E-state index in [4.69, 9.17) is 0 Å². The Bertz CT molecular complexity index is 591. The molecule has 5 heteroatoms. The number of hydrogen-bond acceptors (Lipinski definition) is 5. The van der Waals surface area contributed by atoms with Gasteiger partial charge in [-0.05, 0) is 30.4 Å². The summed E-state index contributed by atoms with van der Waals surface area (Å²) in [7, 11) is 4.09. The third kappa shape index (κ3) is 3.47. The Balaban J connectivity index is 1.78. The van der Waals surface area contributed by atoms with Gasteiger partial charge in [-0.3, -0.25) is 0 Å². The van der Waals surface area contributed by atoms with E-state index in [9.17, 15) is 0 Å². The van der Waals surface area contributed by atoms with Crippen LogP contribution in [0.2, 0.25) is 0 Å². The second-order valence-corrected chi connectivity index (χ2v) is 6.56. The minimum Gasteiger partial charge on any atom is -0.378 e. The third-order valence-corrected chi connectivity index (χ3v) is 4.76. The molecule has 110 valence electrons. The predicted molar refractivity (Wildman–Crippen MR) is 91.1 cm³/mol. The van der Waals surface area contributed by atoms with Gasteiger partial charge >= 0.3 is 0 Å². The maximum absolute atomic E-state index is 4.64. The highest BCUT2D eigenvalue weighted by Crippen LogP contribution is 2.23. The zero-order chi connectivity index (χ0) is 14.7. The van der Waals surface area contributed by atoms with Crippen LogP contribution in [-0.2, 0) is 0 Å². The summed E-state index contributed by atoms with van der Waals surface area (Å²) in [5.41, 5.74) is 3.27. The van der Waals surface area contributed by atoms with Gasteiger partial charge in [-0.15, -0.1) is 0 Å². The SMILES string of the molecule is CN(C)c1ccc(-c2ccnc(NC3CCSC3)n2)cc1. The van der Waals surface area contributed by atoms with Crippen molar-refractivity contribution in [3.05, 3.63) is 36.5 Å². The third-order valence-electron chi connectivity index (χ3n) is 3.60. The van der Waals surface area contributed by atoms with Crippen molar-refractivity contribution in [1.82, 2.24) is 9.97 Å². The molecule has 1 aromatic carbocycles. The van der Waals surface area contributed by atoms with Gasteiger partial charge in [-0.25, -0.2) is 9.97 Å². The van der Waals surface area contributed by atoms with Gasteiger partial charge in [-0.2, -0.15) is 11.8 Å². The Hall–Kier alpha value is -1.75. The molecule has 1 aromatic heterocycles. The minimum absolute atomic E-state index is 0.501. The summed E-state index contributed by atoms with van der Waals surface area (Å²) in [6.45, 7) is 0. The molecule has 1 saturated heterocycles. The number of benzene rings is 1. The lowest BCUT2D eigenvalue weighted by atomic mass is 10.1. The van der Waals surface area contributed by atoms with E-state index in [-0.39, 0.29) is 0 Å². The summed E-state index contributed by atoms with van der Waals surface area (Å²) in [5.74, 6) is 3.10. The molecule has 2 aromatic rings. The van der Waals surface area contributed by atoms with Gasteiger partial charge in [0.05, 0.1) is 5.69 Å². The molecule has 0 aliphatic carbocycles. The molecule has 0 bridgehead atoms. The van der Waals surface area contributed by atoms with Crippen LogP contribution >= 0.6 is 11.8 Å². The first kappa shape index (κ1) is 14.2. The molecule has 0 radical (unpaired) electrons. The van der Waals surface area contributed by atoms with Crippen molar-refractivity contribution in [2.75, 3.05) is 35.8 Å². The lowest BCUT2D eigenvalue weighted by Crippen LogP contribution is -2.19. The highest BCUT2D eigenvalue weighted by Gasteiger charge is 2.16. The van der Waals surface area contributed by atoms with Crippen molar-refractivity contribution in [2.24, 2.45) is 0 Å². The molecule has 1 aliphatic heterocycles. The van der Waals surface area contributed by atoms with Gasteiger partial charge in [0.15, 0.2) is 0 Å². The van der Waals surface area contributed by atoms with Gasteiger partial charge in [0, 0.05) is 43.3 Å². The fraction of sp³-hybridized carbons (Fsp3) is 0.375. The highest BCUT2D eigenvalue weighted by molar-refractivity contribution is 7.99. The molecule has 3 rings (SSSR count). The standard InChI is InChI=1S/C16H20N4S/c1-20(2)14-5-3-12(4-6-14)15-7-9-17-16(19-15)18-13-8-10-21-11-13/h3-7,9,13H,8,10-11H2,1-2H3,(H,17,18,19). The zero-order valence-corrected chi connectivity index (χ0v) is 13.2. The average molecular weight is 300 g/mol. The van der Waals surface area contributed by atoms with E-state index < -0.39 is 0 Å². The normalized spacial score (nSPS) is 17.7. The van der Waals surface area contributed by atoms with Crippen LogP contribution in [0, 0.1) is 0 Å². The number of hydrogen-bond donors (Lipinski definition) is 1. The first-order valence-corrected chi connectivity index (χ1v) is 8.33. The molecule has 1 N–H and O–H groups in total. The Morgan fingerprint density at radius 2 is 2.00 bits per heavy atom. The first-order chi connectivity index (χ1) is 10.2. The van der Waals surface area contributed by atoms with Crippen LogP contribution in [0.1, 0.15) is 6.42 Å². The molecular weight excluding hydrogens is 280 g/mol. The van der Waals surface area contributed by atoms with E-state index in [0.29, 0.717) is 6.04 Å². The summed E-state index contributed by atoms with van der Waals surface area (Å²) in [4.78, 5) is 11.1. The molecule has 21 heavy (non-hydrogen) atoms. The van der Waals surface area contributed by atoms with Crippen LogP contribution in [0.5, 0.6) is 0 Å². The van der Waals surface area contributed by atoms with E-state index in [2.05, 4.69) is 44.5 Å². The lowest BCUT2D eigenvalue weighted by molar-refractivity contribution is 0.798. The number of aromatic nitrogens is 2. The largest absolute Gasteiger partial charge is 0.378 e. The fourth-order valence-corrected chi connectivity index (χ4v) is 3.50. The molecule has 0 spiro atoms. The van der Waals surface area contributed by atoms with E-state index in [0.717, 1.165) is 23.0 Å². The Labute approximate surface area is 130 Å². The maximum atomic E-state index is 4.64. The van der Waals surface area contributed by atoms with Crippen LogP contribution < -0.4 is 10.2 Å². The Morgan fingerprint density at radius 3 is 2.67 bits per heavy atom. The van der Waals surface area contributed by atoms with Crippen molar-refractivity contribution >= 4 is 23.4 Å². The number of nitrogens with one attached hydrogen (secondary N) is 1. The zero-order valence-electron chi connectivity index (χ0n) is 12.4. The number of anilines is 2. The predicted octanol–water partition coefficient (Wildman–Crippen LogP) is 3.13. The van der Waals surface area contributed by atoms with Crippen molar-refractivity contribution < 1.29 is 0 Å². The monoisotopic (exact) mass is 300 g/mol. The van der Waals surface area contributed by atoms with Crippen molar-refractivity contribution in [1.29, 1.82) is 0 Å². The van der Waals surface area contributed by atoms with E-state index in [1.165, 1.54) is 17.9 Å². The van der Waals surface area contributed by atoms with Gasteiger partial charge in [-0.1, -0.05) is 12.1 Å². The molecule has 1 unspecified atom stereocenters. The first-order valence-electron chi connectivity index (χ1n) is 7.17. The summed E-state index contributed by atoms with van der Waals surface area (Å²) in [6, 6.07) is 10.9. The van der Waals surface area contributed by atoms with Crippen molar-refractivity contribution in [2.45, 2.75) is 12.5 Å². The molecule has 1 atom stereocenters. The van der Waals surface area contributed by atoms with Crippen LogP contribution in [0.4, 0.5) is 11.6 Å². The maximum Gasteiger partial charge on any atom is 0.223 e. The molecule has 1 aliphatic rings. The molecule has 0 saturated carbocycles. The van der Waals surface area contributed by atoms with Gasteiger partial charge < -0.3 is 10.2 Å². The highest BCUT2D eigenvalue weighted by atomic mass is 32.2. The summed E-state index contributed by atoms with van der Waals surface area (Å²) < 4.78 is 0. The van der Waals surface area contributed by atoms with Gasteiger partial charge in [0.2, 0.25) is 5.95 Å².